The van der Waals surface area contributed by atoms with Crippen molar-refractivity contribution in [3.8, 4) is 16.9 Å². The Morgan fingerprint density at radius 2 is 1.90 bits per heavy atom. The van der Waals surface area contributed by atoms with Crippen LogP contribution in [-0.4, -0.2) is 28.7 Å². The fourth-order valence-electron chi connectivity index (χ4n) is 3.55. The number of carboxylic acid groups (broad SMARTS) is 1. The maximum Gasteiger partial charge on any atom is 0.303 e. The van der Waals surface area contributed by atoms with E-state index in [4.69, 9.17) is 27.2 Å². The van der Waals surface area contributed by atoms with E-state index in [2.05, 4.69) is 0 Å². The minimum Gasteiger partial charge on any atom is -0.481 e. The third-order valence-corrected chi connectivity index (χ3v) is 5.16. The summed E-state index contributed by atoms with van der Waals surface area (Å²) in [7, 11) is 1.62. The summed E-state index contributed by atoms with van der Waals surface area (Å²) in [5.41, 5.74) is 11.1. The van der Waals surface area contributed by atoms with E-state index in [1.54, 1.807) is 19.2 Å². The average Bonchev–Trinajstić information content (AvgIpc) is 3.10. The molecule has 0 bridgehead atoms. The predicted molar refractivity (Wildman–Crippen MR) is 116 cm³/mol. The number of amides is 1. The number of carboxylic acids is 1. The maximum absolute atomic E-state index is 11.6. The molecule has 0 aliphatic heterocycles. The molecule has 3 N–H and O–H groups in total. The first-order chi connectivity index (χ1) is 14.3. The topological polar surface area (TPSA) is 94.6 Å². The van der Waals surface area contributed by atoms with Crippen LogP contribution in [0.15, 0.2) is 48.5 Å². The van der Waals surface area contributed by atoms with Crippen LogP contribution in [0.3, 0.4) is 0 Å². The van der Waals surface area contributed by atoms with Crippen LogP contribution in [-0.2, 0) is 22.6 Å². The van der Waals surface area contributed by atoms with Crippen molar-refractivity contribution in [1.82, 2.24) is 4.57 Å². The number of aliphatic carboxylic acids is 1. The summed E-state index contributed by atoms with van der Waals surface area (Å²) in [5.74, 6) is -1.36. The number of primary amides is 1. The summed E-state index contributed by atoms with van der Waals surface area (Å²) < 4.78 is 7.36. The molecule has 0 fully saturated rings. The number of aryl methyl sites for hydroxylation is 2. The van der Waals surface area contributed by atoms with Gasteiger partial charge in [0.1, 0.15) is 0 Å². The molecule has 3 aromatic rings. The highest BCUT2D eigenvalue weighted by atomic mass is 35.5. The second-order valence-electron chi connectivity index (χ2n) is 7.04. The first-order valence-electron chi connectivity index (χ1n) is 9.42. The molecule has 3 rings (SSSR count). The van der Waals surface area contributed by atoms with Gasteiger partial charge >= 0.3 is 5.97 Å². The van der Waals surface area contributed by atoms with Gasteiger partial charge in [-0.3, -0.25) is 9.59 Å². The van der Waals surface area contributed by atoms with Crippen LogP contribution in [0.2, 0.25) is 5.02 Å². The van der Waals surface area contributed by atoms with Crippen molar-refractivity contribution < 1.29 is 19.4 Å². The molecule has 1 heterocycles. The number of nitrogens with two attached hydrogens (primary N) is 1. The molecule has 7 heteroatoms. The number of benzene rings is 2. The minimum atomic E-state index is -0.864. The highest BCUT2D eigenvalue weighted by molar-refractivity contribution is 6.30. The molecule has 0 saturated carbocycles. The van der Waals surface area contributed by atoms with Gasteiger partial charge in [0.2, 0.25) is 5.91 Å². The number of rotatable bonds is 8. The van der Waals surface area contributed by atoms with E-state index in [9.17, 15) is 9.59 Å². The van der Waals surface area contributed by atoms with Gasteiger partial charge in [0, 0.05) is 34.6 Å². The van der Waals surface area contributed by atoms with Gasteiger partial charge < -0.3 is 20.1 Å². The van der Waals surface area contributed by atoms with Crippen LogP contribution in [0.4, 0.5) is 0 Å². The van der Waals surface area contributed by atoms with Gasteiger partial charge in [-0.05, 0) is 66.9 Å². The third kappa shape index (κ3) is 4.56. The first kappa shape index (κ1) is 21.6. The Morgan fingerprint density at radius 1 is 1.13 bits per heavy atom. The summed E-state index contributed by atoms with van der Waals surface area (Å²) in [5, 5.41) is 9.77. The molecule has 0 radical (unpaired) electrons. The molecule has 30 heavy (non-hydrogen) atoms. The van der Waals surface area contributed by atoms with Crippen LogP contribution in [0.25, 0.3) is 16.9 Å². The lowest BCUT2D eigenvalue weighted by molar-refractivity contribution is -0.136. The van der Waals surface area contributed by atoms with Crippen LogP contribution in [0.5, 0.6) is 0 Å². The molecule has 0 aliphatic carbocycles. The Morgan fingerprint density at radius 3 is 2.53 bits per heavy atom. The smallest absolute Gasteiger partial charge is 0.303 e. The number of carbonyl (C=O) groups excluding carboxylic acids is 1. The number of hydrogen-bond acceptors (Lipinski definition) is 3. The van der Waals surface area contributed by atoms with Gasteiger partial charge in [0.15, 0.2) is 0 Å². The van der Waals surface area contributed by atoms with Crippen LogP contribution < -0.4 is 5.73 Å². The van der Waals surface area contributed by atoms with Crippen molar-refractivity contribution in [3.63, 3.8) is 0 Å². The highest BCUT2D eigenvalue weighted by Crippen LogP contribution is 2.33. The van der Waals surface area contributed by atoms with E-state index in [-0.39, 0.29) is 6.42 Å². The van der Waals surface area contributed by atoms with Crippen molar-refractivity contribution in [2.24, 2.45) is 5.73 Å². The van der Waals surface area contributed by atoms with E-state index >= 15 is 0 Å². The molecule has 1 aromatic heterocycles. The number of halogens is 1. The molecule has 0 spiro atoms. The molecule has 0 saturated heterocycles. The van der Waals surface area contributed by atoms with E-state index in [0.29, 0.717) is 23.6 Å². The summed E-state index contributed by atoms with van der Waals surface area (Å²) in [6.45, 7) is 2.27. The molecule has 6 nitrogen and oxygen atoms in total. The monoisotopic (exact) mass is 426 g/mol. The molecule has 0 unspecified atom stereocenters. The zero-order chi connectivity index (χ0) is 21.8. The van der Waals surface area contributed by atoms with Crippen LogP contribution in [0, 0.1) is 6.92 Å². The molecule has 0 atom stereocenters. The van der Waals surface area contributed by atoms with E-state index in [1.165, 1.54) is 0 Å². The quantitative estimate of drug-likeness (QED) is 0.559. The largest absolute Gasteiger partial charge is 0.481 e. The summed E-state index contributed by atoms with van der Waals surface area (Å²) >= 11 is 6.19. The lowest BCUT2D eigenvalue weighted by atomic mass is 10.0. The Balaban J connectivity index is 2.21. The SMILES string of the molecule is COCc1cc(Cl)ccc1-c1ccc(CCC(=O)O)n1-c1ccc(C(N)=O)cc1C. The van der Waals surface area contributed by atoms with Gasteiger partial charge in [-0.25, -0.2) is 0 Å². The number of carbonyl (C=O) groups is 2. The summed E-state index contributed by atoms with van der Waals surface area (Å²) in [4.78, 5) is 22.7. The van der Waals surface area contributed by atoms with Crippen LogP contribution >= 0.6 is 11.6 Å². The Labute approximate surface area is 179 Å². The lowest BCUT2D eigenvalue weighted by Crippen LogP contribution is -2.12. The second-order valence-corrected chi connectivity index (χ2v) is 7.48. The van der Waals surface area contributed by atoms with E-state index < -0.39 is 11.9 Å². The zero-order valence-corrected chi connectivity index (χ0v) is 17.6. The van der Waals surface area contributed by atoms with E-state index in [1.807, 2.05) is 47.9 Å². The normalized spacial score (nSPS) is 10.9. The fourth-order valence-corrected chi connectivity index (χ4v) is 3.75. The number of nitrogens with zero attached hydrogens (tertiary/aromatic N) is 1. The Hall–Kier alpha value is -3.09. The third-order valence-electron chi connectivity index (χ3n) is 4.92. The number of methoxy groups -OCH3 is 1. The number of aromatic nitrogens is 1. The second kappa shape index (κ2) is 9.15. The van der Waals surface area contributed by atoms with Crippen molar-refractivity contribution in [2.75, 3.05) is 7.11 Å². The number of ether oxygens (including phenoxy) is 1. The molecule has 1 amide bonds. The minimum absolute atomic E-state index is 0.00736. The molecular formula is C23H23ClN2O4. The Kier molecular flexibility index (Phi) is 6.59. The predicted octanol–water partition coefficient (Wildman–Crippen LogP) is 4.37. The van der Waals surface area contributed by atoms with Crippen molar-refractivity contribution >= 4 is 23.5 Å². The van der Waals surface area contributed by atoms with Crippen molar-refractivity contribution in [1.29, 1.82) is 0 Å². The van der Waals surface area contributed by atoms with Gasteiger partial charge in [-0.1, -0.05) is 17.7 Å². The van der Waals surface area contributed by atoms with Crippen molar-refractivity contribution in [2.45, 2.75) is 26.4 Å². The standard InChI is InChI=1S/C23H23ClN2O4/c1-14-11-15(23(25)29)3-8-20(14)26-18(6-10-22(27)28)5-9-21(26)19-7-4-17(24)12-16(19)13-30-2/h3-5,7-9,11-12H,6,10,13H2,1-2H3,(H2,25,29)(H,27,28). The average molecular weight is 427 g/mol. The van der Waals surface area contributed by atoms with Gasteiger partial charge in [0.05, 0.1) is 18.7 Å². The summed E-state index contributed by atoms with van der Waals surface area (Å²) in [6.07, 6.45) is 0.368. The fraction of sp³-hybridized carbons (Fsp3) is 0.217. The van der Waals surface area contributed by atoms with Crippen LogP contribution in [0.1, 0.15) is 33.6 Å². The molecule has 0 aliphatic rings. The van der Waals surface area contributed by atoms with Gasteiger partial charge in [0.25, 0.3) is 0 Å². The number of hydrogen-bond donors (Lipinski definition) is 2. The maximum atomic E-state index is 11.6. The molecule has 156 valence electrons. The highest BCUT2D eigenvalue weighted by Gasteiger charge is 2.18. The van der Waals surface area contributed by atoms with E-state index in [0.717, 1.165) is 33.8 Å². The van der Waals surface area contributed by atoms with Gasteiger partial charge in [-0.15, -0.1) is 0 Å². The summed E-state index contributed by atoms with van der Waals surface area (Å²) in [6, 6.07) is 14.7. The molecule has 2 aromatic carbocycles. The van der Waals surface area contributed by atoms with Crippen molar-refractivity contribution in [3.05, 3.63) is 75.9 Å². The Bertz CT molecular complexity index is 1100. The van der Waals surface area contributed by atoms with Gasteiger partial charge in [-0.2, -0.15) is 0 Å². The zero-order valence-electron chi connectivity index (χ0n) is 16.8. The molecular weight excluding hydrogens is 404 g/mol. The lowest BCUT2D eigenvalue weighted by Gasteiger charge is -2.18. The first-order valence-corrected chi connectivity index (χ1v) is 9.80.